The van der Waals surface area contributed by atoms with Gasteiger partial charge in [-0.3, -0.25) is 4.90 Å². The molecule has 9 nitrogen and oxygen atoms in total. The summed E-state index contributed by atoms with van der Waals surface area (Å²) >= 11 is 0. The van der Waals surface area contributed by atoms with Crippen molar-refractivity contribution in [1.29, 1.82) is 0 Å². The van der Waals surface area contributed by atoms with Gasteiger partial charge >= 0.3 is 6.09 Å². The first-order valence-electron chi connectivity index (χ1n) is 8.87. The van der Waals surface area contributed by atoms with Gasteiger partial charge in [-0.25, -0.2) is 9.78 Å². The predicted molar refractivity (Wildman–Crippen MR) is 94.8 cm³/mol. The molecule has 26 heavy (non-hydrogen) atoms. The summed E-state index contributed by atoms with van der Waals surface area (Å²) in [4.78, 5) is 26.7. The molecule has 0 aliphatic carbocycles. The van der Waals surface area contributed by atoms with Crippen LogP contribution in [-0.4, -0.2) is 38.9 Å². The average Bonchev–Trinajstić information content (AvgIpc) is 3.22. The van der Waals surface area contributed by atoms with Crippen LogP contribution in [0.1, 0.15) is 51.9 Å². The zero-order valence-corrected chi connectivity index (χ0v) is 15.5. The zero-order valence-electron chi connectivity index (χ0n) is 15.5. The van der Waals surface area contributed by atoms with E-state index in [2.05, 4.69) is 32.3 Å². The number of aryl methyl sites for hydroxylation is 1. The number of hydrogen-bond acceptors (Lipinski definition) is 8. The summed E-state index contributed by atoms with van der Waals surface area (Å²) in [6.07, 6.45) is 2.95. The first-order chi connectivity index (χ1) is 12.5. The van der Waals surface area contributed by atoms with Gasteiger partial charge in [0.25, 0.3) is 0 Å². The van der Waals surface area contributed by atoms with Gasteiger partial charge in [0, 0.05) is 12.6 Å². The molecule has 0 radical (unpaired) electrons. The van der Waals surface area contributed by atoms with Crippen LogP contribution in [0.15, 0.2) is 16.8 Å². The molecule has 0 unspecified atom stereocenters. The quantitative estimate of drug-likeness (QED) is 0.803. The van der Waals surface area contributed by atoms with Crippen molar-refractivity contribution in [3.63, 3.8) is 0 Å². The molecule has 1 amide bonds. The van der Waals surface area contributed by atoms with Gasteiger partial charge in [0.15, 0.2) is 5.82 Å². The summed E-state index contributed by atoms with van der Waals surface area (Å²) in [5.74, 6) is 2.30. The van der Waals surface area contributed by atoms with Gasteiger partial charge in [0.1, 0.15) is 18.5 Å². The minimum absolute atomic E-state index is 0.0461. The summed E-state index contributed by atoms with van der Waals surface area (Å²) in [6.45, 7) is 8.41. The fraction of sp³-hybridized carbons (Fsp3) is 0.588. The standard InChI is InChI=1S/C17H24N6O3/c1-5-6-13-20-15(26-22-13)11(4)19-16-18-8-7-14(21-16)23-12(10(2)3)9-25-17(23)24/h7-8,10-12H,5-6,9H2,1-4H3,(H,18,19,21)/t11-,12+/m0/s1. The van der Waals surface area contributed by atoms with Gasteiger partial charge in [-0.05, 0) is 25.3 Å². The highest BCUT2D eigenvalue weighted by Gasteiger charge is 2.37. The molecule has 9 heteroatoms. The molecule has 0 bridgehead atoms. The van der Waals surface area contributed by atoms with E-state index in [1.807, 2.05) is 20.8 Å². The molecule has 2 aromatic heterocycles. The highest BCUT2D eigenvalue weighted by molar-refractivity contribution is 5.89. The van der Waals surface area contributed by atoms with Crippen molar-refractivity contribution in [3.8, 4) is 0 Å². The molecule has 1 aliphatic rings. The predicted octanol–water partition coefficient (Wildman–Crippen LogP) is 2.97. The first kappa shape index (κ1) is 18.1. The SMILES string of the molecule is CCCc1noc([C@H](C)Nc2nccc(N3C(=O)OC[C@@H]3C(C)C)n2)n1. The fourth-order valence-corrected chi connectivity index (χ4v) is 2.77. The van der Waals surface area contributed by atoms with E-state index >= 15 is 0 Å². The molecule has 1 aliphatic heterocycles. The number of cyclic esters (lactones) is 1. The molecule has 0 saturated carbocycles. The number of amides is 1. The van der Waals surface area contributed by atoms with Crippen molar-refractivity contribution in [2.24, 2.45) is 5.92 Å². The van der Waals surface area contributed by atoms with Crippen molar-refractivity contribution in [2.45, 2.75) is 52.6 Å². The zero-order chi connectivity index (χ0) is 18.7. The van der Waals surface area contributed by atoms with Gasteiger partial charge in [0.2, 0.25) is 11.8 Å². The van der Waals surface area contributed by atoms with Crippen LogP contribution in [0.2, 0.25) is 0 Å². The number of aromatic nitrogens is 4. The Morgan fingerprint density at radius 3 is 2.88 bits per heavy atom. The minimum Gasteiger partial charge on any atom is -0.447 e. The third-order valence-electron chi connectivity index (χ3n) is 4.24. The molecule has 3 heterocycles. The van der Waals surface area contributed by atoms with Crippen LogP contribution in [0, 0.1) is 5.92 Å². The molecular weight excluding hydrogens is 336 g/mol. The maximum absolute atomic E-state index is 12.1. The molecule has 1 N–H and O–H groups in total. The van der Waals surface area contributed by atoms with E-state index in [1.54, 1.807) is 17.2 Å². The Kier molecular flexibility index (Phi) is 5.34. The molecule has 2 aromatic rings. The Morgan fingerprint density at radius 1 is 1.35 bits per heavy atom. The second-order valence-electron chi connectivity index (χ2n) is 6.66. The smallest absolute Gasteiger partial charge is 0.415 e. The normalized spacial score (nSPS) is 18.3. The van der Waals surface area contributed by atoms with Gasteiger partial charge in [-0.2, -0.15) is 9.97 Å². The third-order valence-corrected chi connectivity index (χ3v) is 4.24. The molecule has 140 valence electrons. The molecule has 1 saturated heterocycles. The third kappa shape index (κ3) is 3.76. The lowest BCUT2D eigenvalue weighted by Crippen LogP contribution is -2.37. The second kappa shape index (κ2) is 7.67. The number of nitrogens with one attached hydrogen (secondary N) is 1. The maximum atomic E-state index is 12.1. The Balaban J connectivity index is 1.75. The monoisotopic (exact) mass is 360 g/mol. The lowest BCUT2D eigenvalue weighted by atomic mass is 10.0. The largest absolute Gasteiger partial charge is 0.447 e. The van der Waals surface area contributed by atoms with E-state index in [9.17, 15) is 4.79 Å². The number of ether oxygens (including phenoxy) is 1. The maximum Gasteiger partial charge on any atom is 0.415 e. The van der Waals surface area contributed by atoms with Crippen molar-refractivity contribution in [1.82, 2.24) is 20.1 Å². The van der Waals surface area contributed by atoms with E-state index in [0.29, 0.717) is 30.1 Å². The molecule has 0 aromatic carbocycles. The van der Waals surface area contributed by atoms with E-state index in [0.717, 1.165) is 12.8 Å². The van der Waals surface area contributed by atoms with Crippen molar-refractivity contribution >= 4 is 17.9 Å². The molecule has 1 fully saturated rings. The van der Waals surface area contributed by atoms with E-state index in [1.165, 1.54) is 0 Å². The van der Waals surface area contributed by atoms with Crippen LogP contribution < -0.4 is 10.2 Å². The Bertz CT molecular complexity index is 762. The molecular formula is C17H24N6O3. The summed E-state index contributed by atoms with van der Waals surface area (Å²) in [7, 11) is 0. The molecule has 2 atom stereocenters. The first-order valence-corrected chi connectivity index (χ1v) is 8.87. The number of carbonyl (C=O) groups excluding carboxylic acids is 1. The summed E-state index contributed by atoms with van der Waals surface area (Å²) < 4.78 is 10.5. The number of nitrogens with zero attached hydrogens (tertiary/aromatic N) is 5. The van der Waals surface area contributed by atoms with Crippen LogP contribution in [0.25, 0.3) is 0 Å². The van der Waals surface area contributed by atoms with Gasteiger partial charge in [0.05, 0.1) is 6.04 Å². The van der Waals surface area contributed by atoms with Crippen LogP contribution in [0.5, 0.6) is 0 Å². The second-order valence-corrected chi connectivity index (χ2v) is 6.66. The number of anilines is 2. The van der Waals surface area contributed by atoms with Crippen LogP contribution in [0.4, 0.5) is 16.6 Å². The van der Waals surface area contributed by atoms with Crippen LogP contribution in [0.3, 0.4) is 0 Å². The minimum atomic E-state index is -0.387. The van der Waals surface area contributed by atoms with Crippen LogP contribution in [-0.2, 0) is 11.2 Å². The molecule has 0 spiro atoms. The summed E-state index contributed by atoms with van der Waals surface area (Å²) in [6, 6.07) is 1.40. The van der Waals surface area contributed by atoms with Gasteiger partial charge < -0.3 is 14.6 Å². The Labute approximate surface area is 152 Å². The van der Waals surface area contributed by atoms with Gasteiger partial charge in [-0.15, -0.1) is 0 Å². The summed E-state index contributed by atoms with van der Waals surface area (Å²) in [5, 5.41) is 7.09. The van der Waals surface area contributed by atoms with E-state index in [4.69, 9.17) is 9.26 Å². The Hall–Kier alpha value is -2.71. The molecule has 3 rings (SSSR count). The van der Waals surface area contributed by atoms with E-state index in [-0.39, 0.29) is 24.1 Å². The highest BCUT2D eigenvalue weighted by Crippen LogP contribution is 2.26. The van der Waals surface area contributed by atoms with E-state index < -0.39 is 0 Å². The lowest BCUT2D eigenvalue weighted by Gasteiger charge is -2.23. The Morgan fingerprint density at radius 2 is 2.15 bits per heavy atom. The van der Waals surface area contributed by atoms with Gasteiger partial charge in [-0.1, -0.05) is 25.9 Å². The van der Waals surface area contributed by atoms with Crippen LogP contribution >= 0.6 is 0 Å². The summed E-state index contributed by atoms with van der Waals surface area (Å²) in [5.41, 5.74) is 0. The fourth-order valence-electron chi connectivity index (χ4n) is 2.77. The van der Waals surface area contributed by atoms with Crippen molar-refractivity contribution in [2.75, 3.05) is 16.8 Å². The van der Waals surface area contributed by atoms with Crippen molar-refractivity contribution in [3.05, 3.63) is 24.0 Å². The highest BCUT2D eigenvalue weighted by atomic mass is 16.6. The van der Waals surface area contributed by atoms with Crippen molar-refractivity contribution < 1.29 is 14.1 Å². The number of rotatable bonds is 7. The lowest BCUT2D eigenvalue weighted by molar-refractivity contribution is 0.177. The average molecular weight is 360 g/mol. The number of carbonyl (C=O) groups is 1. The topological polar surface area (TPSA) is 106 Å². The number of hydrogen-bond donors (Lipinski definition) is 1.